The van der Waals surface area contributed by atoms with E-state index in [1.165, 1.54) is 17.7 Å². The van der Waals surface area contributed by atoms with Crippen LogP contribution in [0, 0.1) is 5.82 Å². The van der Waals surface area contributed by atoms with Crippen LogP contribution in [0.1, 0.15) is 5.56 Å². The Labute approximate surface area is 122 Å². The first kappa shape index (κ1) is 13.4. The molecule has 0 saturated heterocycles. The average Bonchev–Trinajstić information content (AvgIpc) is 2.97. The van der Waals surface area contributed by atoms with Gasteiger partial charge < -0.3 is 5.73 Å². The van der Waals surface area contributed by atoms with Crippen molar-refractivity contribution >= 4 is 5.69 Å². The van der Waals surface area contributed by atoms with Crippen molar-refractivity contribution < 1.29 is 4.39 Å². The van der Waals surface area contributed by atoms with E-state index in [4.69, 9.17) is 5.73 Å². The number of anilines is 1. The molecule has 0 atom stereocenters. The summed E-state index contributed by atoms with van der Waals surface area (Å²) in [5, 5.41) is 4.32. The van der Waals surface area contributed by atoms with Crippen LogP contribution in [0.15, 0.2) is 60.9 Å². The molecule has 106 valence electrons. The smallest absolute Gasteiger partial charge is 0.123 e. The van der Waals surface area contributed by atoms with Gasteiger partial charge in [0.05, 0.1) is 6.20 Å². The summed E-state index contributed by atoms with van der Waals surface area (Å²) in [5.74, 6) is -0.295. The van der Waals surface area contributed by atoms with Crippen LogP contribution >= 0.6 is 0 Å². The van der Waals surface area contributed by atoms with Crippen molar-refractivity contribution in [2.75, 3.05) is 5.73 Å². The van der Waals surface area contributed by atoms with Crippen molar-refractivity contribution in [3.63, 3.8) is 0 Å². The summed E-state index contributed by atoms with van der Waals surface area (Å²) >= 11 is 0. The molecule has 3 rings (SSSR count). The number of nitrogen functional groups attached to an aromatic ring is 1. The molecule has 2 aromatic carbocycles. The lowest BCUT2D eigenvalue weighted by Crippen LogP contribution is -2.01. The summed E-state index contributed by atoms with van der Waals surface area (Å²) in [6.45, 7) is 0.777. The van der Waals surface area contributed by atoms with Crippen LogP contribution in [0.4, 0.5) is 10.1 Å². The van der Waals surface area contributed by atoms with E-state index in [2.05, 4.69) is 17.2 Å². The van der Waals surface area contributed by atoms with Gasteiger partial charge in [0.1, 0.15) is 5.82 Å². The highest BCUT2D eigenvalue weighted by Crippen LogP contribution is 2.26. The highest BCUT2D eigenvalue weighted by atomic mass is 19.1. The molecule has 0 aliphatic carbocycles. The van der Waals surface area contributed by atoms with Gasteiger partial charge >= 0.3 is 0 Å². The molecule has 2 N–H and O–H groups in total. The molecule has 0 fully saturated rings. The zero-order valence-electron chi connectivity index (χ0n) is 11.5. The van der Waals surface area contributed by atoms with Crippen LogP contribution in [0.2, 0.25) is 0 Å². The second-order valence-electron chi connectivity index (χ2n) is 4.96. The highest BCUT2D eigenvalue weighted by molar-refractivity contribution is 5.75. The molecule has 1 heterocycles. The summed E-state index contributed by atoms with van der Waals surface area (Å²) < 4.78 is 15.2. The number of benzene rings is 2. The quantitative estimate of drug-likeness (QED) is 0.744. The molecule has 21 heavy (non-hydrogen) atoms. The molecule has 0 amide bonds. The lowest BCUT2D eigenvalue weighted by molar-refractivity contribution is 0.615. The number of halogens is 1. The fraction of sp³-hybridized carbons (Fsp3) is 0.118. The normalized spacial score (nSPS) is 10.7. The predicted molar refractivity (Wildman–Crippen MR) is 82.2 cm³/mol. The molecule has 3 nitrogen and oxygen atoms in total. The van der Waals surface area contributed by atoms with Crippen LogP contribution in [0.25, 0.3) is 11.1 Å². The maximum Gasteiger partial charge on any atom is 0.123 e. The predicted octanol–water partition coefficient (Wildman–Crippen LogP) is 3.51. The zero-order chi connectivity index (χ0) is 14.7. The number of aromatic nitrogens is 2. The Morgan fingerprint density at radius 3 is 2.71 bits per heavy atom. The number of hydrogen-bond acceptors (Lipinski definition) is 2. The Morgan fingerprint density at radius 2 is 1.90 bits per heavy atom. The van der Waals surface area contributed by atoms with Gasteiger partial charge in [0.2, 0.25) is 0 Å². The summed E-state index contributed by atoms with van der Waals surface area (Å²) in [7, 11) is 0. The van der Waals surface area contributed by atoms with Crippen molar-refractivity contribution in [1.29, 1.82) is 0 Å². The van der Waals surface area contributed by atoms with E-state index in [0.717, 1.165) is 18.5 Å². The van der Waals surface area contributed by atoms with Crippen LogP contribution < -0.4 is 5.73 Å². The van der Waals surface area contributed by atoms with Gasteiger partial charge in [-0.05, 0) is 30.2 Å². The molecule has 0 aliphatic rings. The molecule has 0 saturated carbocycles. The third kappa shape index (κ3) is 3.11. The van der Waals surface area contributed by atoms with Crippen LogP contribution in [-0.4, -0.2) is 9.78 Å². The Bertz CT molecular complexity index is 735. The number of aryl methyl sites for hydroxylation is 2. The summed E-state index contributed by atoms with van der Waals surface area (Å²) in [4.78, 5) is 0. The Hall–Kier alpha value is -2.62. The summed E-state index contributed by atoms with van der Waals surface area (Å²) in [6, 6.07) is 14.6. The van der Waals surface area contributed by atoms with Gasteiger partial charge in [-0.25, -0.2) is 4.39 Å². The van der Waals surface area contributed by atoms with Crippen molar-refractivity contribution in [2.45, 2.75) is 13.0 Å². The second-order valence-corrected chi connectivity index (χ2v) is 4.96. The first-order valence-corrected chi connectivity index (χ1v) is 6.84. The molecule has 0 radical (unpaired) electrons. The molecule has 1 aromatic heterocycles. The van der Waals surface area contributed by atoms with E-state index in [0.29, 0.717) is 11.3 Å². The van der Waals surface area contributed by atoms with Crippen LogP contribution in [0.3, 0.4) is 0 Å². The Morgan fingerprint density at radius 1 is 1.10 bits per heavy atom. The first-order valence-electron chi connectivity index (χ1n) is 6.84. The minimum absolute atomic E-state index is 0.295. The Balaban J connectivity index is 1.76. The largest absolute Gasteiger partial charge is 0.398 e. The number of nitrogens with zero attached hydrogens (tertiary/aromatic N) is 2. The van der Waals surface area contributed by atoms with Crippen molar-refractivity contribution in [1.82, 2.24) is 9.78 Å². The van der Waals surface area contributed by atoms with Gasteiger partial charge in [-0.1, -0.05) is 30.3 Å². The monoisotopic (exact) mass is 281 g/mol. The number of nitrogens with two attached hydrogens (primary N) is 1. The van der Waals surface area contributed by atoms with Crippen molar-refractivity contribution in [2.24, 2.45) is 0 Å². The minimum atomic E-state index is -0.295. The van der Waals surface area contributed by atoms with E-state index >= 15 is 0 Å². The lowest BCUT2D eigenvalue weighted by atomic mass is 10.1. The molecule has 0 bridgehead atoms. The molecular formula is C17H16FN3. The second kappa shape index (κ2) is 5.79. The van der Waals surface area contributed by atoms with E-state index in [1.54, 1.807) is 12.3 Å². The van der Waals surface area contributed by atoms with Gasteiger partial charge in [0.25, 0.3) is 0 Å². The maximum absolute atomic E-state index is 13.3. The van der Waals surface area contributed by atoms with E-state index in [9.17, 15) is 4.39 Å². The first-order chi connectivity index (χ1) is 10.2. The highest BCUT2D eigenvalue weighted by Gasteiger charge is 2.07. The Kier molecular flexibility index (Phi) is 3.69. The topological polar surface area (TPSA) is 43.8 Å². The fourth-order valence-electron chi connectivity index (χ4n) is 2.29. The lowest BCUT2D eigenvalue weighted by Gasteiger charge is -2.03. The van der Waals surface area contributed by atoms with Gasteiger partial charge in [-0.3, -0.25) is 4.68 Å². The average molecular weight is 281 g/mol. The van der Waals surface area contributed by atoms with Gasteiger partial charge in [-0.15, -0.1) is 0 Å². The number of hydrogen-bond donors (Lipinski definition) is 1. The van der Waals surface area contributed by atoms with Crippen LogP contribution in [0.5, 0.6) is 0 Å². The van der Waals surface area contributed by atoms with E-state index < -0.39 is 0 Å². The molecule has 4 heteroatoms. The standard InChI is InChI=1S/C17H16FN3/c18-15-6-7-17(19)16(10-15)14-11-20-21(12-14)9-8-13-4-2-1-3-5-13/h1-7,10-12H,8-9,19H2. The summed E-state index contributed by atoms with van der Waals surface area (Å²) in [5.41, 5.74) is 9.23. The SMILES string of the molecule is Nc1ccc(F)cc1-c1cnn(CCc2ccccc2)c1. The molecule has 0 spiro atoms. The third-order valence-electron chi connectivity index (χ3n) is 3.43. The molecule has 3 aromatic rings. The van der Waals surface area contributed by atoms with Gasteiger partial charge in [-0.2, -0.15) is 5.10 Å². The van der Waals surface area contributed by atoms with E-state index in [-0.39, 0.29) is 5.82 Å². The van der Waals surface area contributed by atoms with Crippen molar-refractivity contribution in [3.8, 4) is 11.1 Å². The van der Waals surface area contributed by atoms with Gasteiger partial charge in [0, 0.05) is 29.6 Å². The maximum atomic E-state index is 13.3. The van der Waals surface area contributed by atoms with Gasteiger partial charge in [0.15, 0.2) is 0 Å². The minimum Gasteiger partial charge on any atom is -0.398 e. The van der Waals surface area contributed by atoms with E-state index in [1.807, 2.05) is 29.1 Å². The number of rotatable bonds is 4. The zero-order valence-corrected chi connectivity index (χ0v) is 11.5. The van der Waals surface area contributed by atoms with Crippen molar-refractivity contribution in [3.05, 3.63) is 72.3 Å². The molecule has 0 aliphatic heterocycles. The molecular weight excluding hydrogens is 265 g/mol. The summed E-state index contributed by atoms with van der Waals surface area (Å²) in [6.07, 6.45) is 4.52. The van der Waals surface area contributed by atoms with Crippen LogP contribution in [-0.2, 0) is 13.0 Å². The molecule has 0 unspecified atom stereocenters. The fourth-order valence-corrected chi connectivity index (χ4v) is 2.29. The third-order valence-corrected chi connectivity index (χ3v) is 3.43.